The van der Waals surface area contributed by atoms with Gasteiger partial charge in [-0.2, -0.15) is 5.10 Å². The first kappa shape index (κ1) is 16.9. The van der Waals surface area contributed by atoms with Gasteiger partial charge in [0.25, 0.3) is 5.56 Å². The Morgan fingerprint density at radius 3 is 2.96 bits per heavy atom. The molecule has 1 unspecified atom stereocenters. The molecular formula is C20H20N6O2. The largest absolute Gasteiger partial charge is 0.395 e. The minimum absolute atomic E-state index is 0.0857. The van der Waals surface area contributed by atoms with E-state index in [2.05, 4.69) is 15.0 Å². The lowest BCUT2D eigenvalue weighted by Gasteiger charge is -2.27. The molecule has 1 saturated heterocycles. The Kier molecular flexibility index (Phi) is 4.05. The molecule has 4 heterocycles. The molecule has 1 aromatic carbocycles. The van der Waals surface area contributed by atoms with E-state index in [9.17, 15) is 9.90 Å². The van der Waals surface area contributed by atoms with Crippen LogP contribution in [0.3, 0.4) is 0 Å². The Bertz CT molecular complexity index is 1210. The predicted molar refractivity (Wildman–Crippen MR) is 105 cm³/mol. The molecular weight excluding hydrogens is 356 g/mol. The lowest BCUT2D eigenvalue weighted by atomic mass is 10.1. The highest BCUT2D eigenvalue weighted by molar-refractivity contribution is 5.77. The maximum atomic E-state index is 13.1. The highest BCUT2D eigenvalue weighted by Crippen LogP contribution is 2.36. The molecule has 1 N–H and O–H groups in total. The Morgan fingerprint density at radius 2 is 2.07 bits per heavy atom. The predicted octanol–water partition coefficient (Wildman–Crippen LogP) is 1.77. The van der Waals surface area contributed by atoms with Crippen molar-refractivity contribution in [3.05, 3.63) is 65.1 Å². The first-order chi connectivity index (χ1) is 13.8. The summed E-state index contributed by atoms with van der Waals surface area (Å²) in [6, 6.07) is 9.21. The number of anilines is 1. The van der Waals surface area contributed by atoms with E-state index in [-0.39, 0.29) is 24.8 Å². The molecule has 1 fully saturated rings. The number of para-hydroxylation sites is 1. The fourth-order valence-electron chi connectivity index (χ4n) is 4.11. The van der Waals surface area contributed by atoms with Crippen molar-refractivity contribution in [2.24, 2.45) is 0 Å². The molecule has 8 nitrogen and oxygen atoms in total. The van der Waals surface area contributed by atoms with Gasteiger partial charge in [-0.3, -0.25) is 9.36 Å². The van der Waals surface area contributed by atoms with Crippen molar-refractivity contribution in [3.63, 3.8) is 0 Å². The molecule has 8 heteroatoms. The van der Waals surface area contributed by atoms with E-state index in [4.69, 9.17) is 4.98 Å². The van der Waals surface area contributed by atoms with Gasteiger partial charge in [0.05, 0.1) is 36.3 Å². The van der Waals surface area contributed by atoms with Gasteiger partial charge < -0.3 is 10.0 Å². The Hall–Kier alpha value is -3.26. The molecule has 142 valence electrons. The summed E-state index contributed by atoms with van der Waals surface area (Å²) in [5.74, 6) is 1.51. The number of aromatic nitrogens is 5. The van der Waals surface area contributed by atoms with E-state index >= 15 is 0 Å². The number of hydrogen-bond acceptors (Lipinski definition) is 6. The van der Waals surface area contributed by atoms with Crippen LogP contribution in [0.4, 0.5) is 5.82 Å². The number of rotatable bonds is 4. The number of fused-ring (bicyclic) bond motifs is 2. The second-order valence-electron chi connectivity index (χ2n) is 6.93. The Balaban J connectivity index is 1.69. The van der Waals surface area contributed by atoms with E-state index < -0.39 is 0 Å². The molecule has 0 amide bonds. The van der Waals surface area contributed by atoms with Gasteiger partial charge in [-0.15, -0.1) is 0 Å². The zero-order valence-corrected chi connectivity index (χ0v) is 15.3. The third-order valence-electron chi connectivity index (χ3n) is 5.34. The van der Waals surface area contributed by atoms with Gasteiger partial charge in [-0.25, -0.2) is 14.5 Å². The number of aliphatic hydroxyl groups excluding tert-OH is 1. The Morgan fingerprint density at radius 1 is 1.18 bits per heavy atom. The van der Waals surface area contributed by atoms with Crippen LogP contribution in [0.2, 0.25) is 0 Å². The van der Waals surface area contributed by atoms with Crippen molar-refractivity contribution in [1.29, 1.82) is 0 Å². The van der Waals surface area contributed by atoms with Crippen molar-refractivity contribution >= 4 is 22.2 Å². The number of hydrogen-bond donors (Lipinski definition) is 1. The maximum absolute atomic E-state index is 13.1. The first-order valence-electron chi connectivity index (χ1n) is 9.43. The van der Waals surface area contributed by atoms with Crippen LogP contribution in [-0.2, 0) is 6.54 Å². The summed E-state index contributed by atoms with van der Waals surface area (Å²) in [5, 5.41) is 14.4. The summed E-state index contributed by atoms with van der Waals surface area (Å²) in [4.78, 5) is 24.7. The van der Waals surface area contributed by atoms with Gasteiger partial charge in [-0.05, 0) is 31.0 Å². The van der Waals surface area contributed by atoms with Gasteiger partial charge in [0, 0.05) is 18.9 Å². The summed E-state index contributed by atoms with van der Waals surface area (Å²) >= 11 is 0. The molecule has 0 aliphatic carbocycles. The summed E-state index contributed by atoms with van der Waals surface area (Å²) in [6.07, 6.45) is 7.15. The minimum Gasteiger partial charge on any atom is -0.395 e. The molecule has 4 aromatic rings. The standard InChI is InChI=1S/C20H20N6O2/c27-13-12-25-19(23-15-5-2-1-4-14(15)20(25)28)16-6-3-10-24(16)18-17-7-8-22-26(17)11-9-21-18/h1-2,4-5,7-9,11,16,27H,3,6,10,12-13H2. The van der Waals surface area contributed by atoms with E-state index in [1.54, 1.807) is 27.5 Å². The highest BCUT2D eigenvalue weighted by Gasteiger charge is 2.32. The minimum atomic E-state index is -0.115. The van der Waals surface area contributed by atoms with Crippen LogP contribution >= 0.6 is 0 Å². The second-order valence-corrected chi connectivity index (χ2v) is 6.93. The molecule has 1 atom stereocenters. The third-order valence-corrected chi connectivity index (χ3v) is 5.34. The van der Waals surface area contributed by atoms with Crippen molar-refractivity contribution < 1.29 is 5.11 Å². The summed E-state index contributed by atoms with van der Waals surface area (Å²) in [6.45, 7) is 0.932. The fraction of sp³-hybridized carbons (Fsp3) is 0.300. The van der Waals surface area contributed by atoms with E-state index in [1.807, 2.05) is 30.5 Å². The second kappa shape index (κ2) is 6.72. The van der Waals surface area contributed by atoms with Gasteiger partial charge in [0.2, 0.25) is 0 Å². The SMILES string of the molecule is O=c1c2ccccc2nc(C2CCCN2c2nccn3nccc23)n1CCO. The van der Waals surface area contributed by atoms with Gasteiger partial charge in [0.1, 0.15) is 11.3 Å². The topological polar surface area (TPSA) is 88.5 Å². The number of nitrogens with zero attached hydrogens (tertiary/aromatic N) is 6. The smallest absolute Gasteiger partial charge is 0.261 e. The molecule has 0 saturated carbocycles. The summed E-state index contributed by atoms with van der Waals surface area (Å²) < 4.78 is 3.41. The average molecular weight is 376 g/mol. The first-order valence-corrected chi connectivity index (χ1v) is 9.43. The zero-order valence-electron chi connectivity index (χ0n) is 15.3. The molecule has 0 radical (unpaired) electrons. The van der Waals surface area contributed by atoms with Crippen molar-refractivity contribution in [1.82, 2.24) is 24.1 Å². The lowest BCUT2D eigenvalue weighted by Crippen LogP contribution is -2.33. The summed E-state index contributed by atoms with van der Waals surface area (Å²) in [7, 11) is 0. The van der Waals surface area contributed by atoms with Crippen LogP contribution in [0.1, 0.15) is 24.7 Å². The fourth-order valence-corrected chi connectivity index (χ4v) is 4.11. The van der Waals surface area contributed by atoms with Crippen LogP contribution < -0.4 is 10.5 Å². The molecule has 28 heavy (non-hydrogen) atoms. The maximum Gasteiger partial charge on any atom is 0.261 e. The van der Waals surface area contributed by atoms with Gasteiger partial charge >= 0.3 is 0 Å². The average Bonchev–Trinajstić information content (AvgIpc) is 3.39. The zero-order chi connectivity index (χ0) is 19.1. The van der Waals surface area contributed by atoms with Crippen LogP contribution in [-0.4, -0.2) is 42.4 Å². The van der Waals surface area contributed by atoms with Gasteiger partial charge in [0.15, 0.2) is 5.82 Å². The molecule has 0 bridgehead atoms. The van der Waals surface area contributed by atoms with E-state index in [0.717, 1.165) is 30.7 Å². The monoisotopic (exact) mass is 376 g/mol. The third kappa shape index (κ3) is 2.56. The van der Waals surface area contributed by atoms with Crippen LogP contribution in [0, 0.1) is 0 Å². The number of aliphatic hydroxyl groups is 1. The molecule has 1 aliphatic rings. The highest BCUT2D eigenvalue weighted by atomic mass is 16.3. The quantitative estimate of drug-likeness (QED) is 0.584. The van der Waals surface area contributed by atoms with Crippen molar-refractivity contribution in [2.45, 2.75) is 25.4 Å². The van der Waals surface area contributed by atoms with E-state index in [0.29, 0.717) is 16.7 Å². The summed E-state index contributed by atoms with van der Waals surface area (Å²) in [5.41, 5.74) is 1.49. The molecule has 1 aliphatic heterocycles. The molecule has 0 spiro atoms. The van der Waals surface area contributed by atoms with Gasteiger partial charge in [-0.1, -0.05) is 12.1 Å². The van der Waals surface area contributed by atoms with Crippen molar-refractivity contribution in [2.75, 3.05) is 18.1 Å². The van der Waals surface area contributed by atoms with E-state index in [1.165, 1.54) is 0 Å². The normalized spacial score (nSPS) is 17.0. The van der Waals surface area contributed by atoms with Crippen LogP contribution in [0.5, 0.6) is 0 Å². The Labute approximate surface area is 160 Å². The van der Waals surface area contributed by atoms with Crippen LogP contribution in [0.25, 0.3) is 16.4 Å². The lowest BCUT2D eigenvalue weighted by molar-refractivity contribution is 0.270. The molecule has 5 rings (SSSR count). The molecule has 3 aromatic heterocycles. The number of benzene rings is 1. The van der Waals surface area contributed by atoms with Crippen molar-refractivity contribution in [3.8, 4) is 0 Å². The van der Waals surface area contributed by atoms with Crippen LogP contribution in [0.15, 0.2) is 53.7 Å².